The molecule has 0 aliphatic carbocycles. The molecule has 0 atom stereocenters. The van der Waals surface area contributed by atoms with E-state index in [0.717, 1.165) is 135 Å². The average Bonchev–Trinajstić information content (AvgIpc) is 0.993. The van der Waals surface area contributed by atoms with Gasteiger partial charge in [-0.2, -0.15) is 33.9 Å². The number of Topliss-reactive ketones (excluding diaryl/α,β-unsaturated/α-hetero) is 3. The minimum atomic E-state index is -4.94. The van der Waals surface area contributed by atoms with Crippen molar-refractivity contribution >= 4 is 34.4 Å². The molecule has 0 amide bonds. The van der Waals surface area contributed by atoms with Crippen LogP contribution in [0.5, 0.6) is 0 Å². The number of carbonyl (C=O) groups excluding carboxylic acids is 3. The minimum Gasteiger partial charge on any atom is -0.373 e. The van der Waals surface area contributed by atoms with Gasteiger partial charge in [0, 0.05) is 174 Å². The first-order chi connectivity index (χ1) is 56.5. The van der Waals surface area contributed by atoms with Crippen molar-refractivity contribution in [1.29, 1.82) is 10.5 Å². The molecule has 12 aromatic rings. The lowest BCUT2D eigenvalue weighted by atomic mass is 9.84. The van der Waals surface area contributed by atoms with Crippen molar-refractivity contribution in [3.05, 3.63) is 237 Å². The number of halogens is 4. The Kier molecular flexibility index (Phi) is 25.9. The number of hydrogen-bond donors (Lipinski definition) is 0. The summed E-state index contributed by atoms with van der Waals surface area (Å²) in [7, 11) is 13.9. The van der Waals surface area contributed by atoms with E-state index >= 15 is 4.39 Å². The van der Waals surface area contributed by atoms with Crippen LogP contribution in [0.1, 0.15) is 120 Å². The number of aryl methyl sites for hydroxylation is 5. The molecule has 0 spiro atoms. The molecule has 616 valence electrons. The average molecular weight is 1610 g/mol. The van der Waals surface area contributed by atoms with Gasteiger partial charge < -0.3 is 29.4 Å². The van der Waals surface area contributed by atoms with Crippen molar-refractivity contribution in [2.24, 2.45) is 14.1 Å². The van der Waals surface area contributed by atoms with Gasteiger partial charge in [-0.05, 0) is 202 Å². The molecule has 26 nitrogen and oxygen atoms in total. The second-order valence-electron chi connectivity index (χ2n) is 32.1. The molecular formula is C89H99F4N23O3. The van der Waals surface area contributed by atoms with Gasteiger partial charge >= 0.3 is 6.18 Å². The van der Waals surface area contributed by atoms with Crippen LogP contribution >= 0.6 is 0 Å². The maximum atomic E-state index is 15.0. The lowest BCUT2D eigenvalue weighted by molar-refractivity contribution is -0.139. The summed E-state index contributed by atoms with van der Waals surface area (Å²) in [5, 5.41) is 54.1. The second-order valence-corrected chi connectivity index (χ2v) is 32.1. The highest BCUT2D eigenvalue weighted by Gasteiger charge is 2.38. The van der Waals surface area contributed by atoms with E-state index in [1.165, 1.54) is 12.4 Å². The Hall–Kier alpha value is -12.8. The zero-order valence-corrected chi connectivity index (χ0v) is 70.1. The van der Waals surface area contributed by atoms with Crippen molar-refractivity contribution in [1.82, 2.24) is 89.2 Å². The lowest BCUT2D eigenvalue weighted by Gasteiger charge is -2.35. The standard InChI is InChI=1S/C31H36N8O.C31H38N8O.C27H25F4N7O/c1-21-7-8-23(13-29(21)39-19-28(34-35-39)27-18-33-37(6)22(27)2)14-30(40)24-15-25(31(3,4)20-32)17-26(16-24)38-11-9-36(5)10-12-38;1-21-9-10-23(13-29(21)39-19-28(34-35-39)27-18-33-38(8)22(27)2)14-30(40)24-15-25(31(3,4)20-32)17-26(16-24)37(7)12-11-36(5)6;1-17-3-4-18(9-23(17)38-15-22(34-35-38)20-13-32-16-33-14-20)10-25(39)19-11-21(27(29,30)31)26(28)24(12-19)37-7-5-36(2)6-8-37/h7-8,13,15-19H,9-12,14H2,1-6H3;9-10,13,15-19H,11-12,14H2,1-8H3;3-4,9,11-16H,5-8,10H2,1-2H3. The highest BCUT2D eigenvalue weighted by Crippen LogP contribution is 2.39. The highest BCUT2D eigenvalue weighted by atomic mass is 19.4. The van der Waals surface area contributed by atoms with Crippen molar-refractivity contribution in [2.45, 2.75) is 98.6 Å². The van der Waals surface area contributed by atoms with Crippen molar-refractivity contribution < 1.29 is 31.9 Å². The molecule has 0 radical (unpaired) electrons. The van der Waals surface area contributed by atoms with Crippen molar-refractivity contribution in [3.63, 3.8) is 0 Å². The van der Waals surface area contributed by atoms with Gasteiger partial charge in [0.2, 0.25) is 0 Å². The summed E-state index contributed by atoms with van der Waals surface area (Å²) in [6.45, 7) is 24.7. The first-order valence-electron chi connectivity index (χ1n) is 39.2. The van der Waals surface area contributed by atoms with Crippen molar-refractivity contribution in [3.8, 4) is 63.0 Å². The smallest absolute Gasteiger partial charge is 0.373 e. The third kappa shape index (κ3) is 20.1. The Morgan fingerprint density at radius 3 is 1.31 bits per heavy atom. The van der Waals surface area contributed by atoms with Crippen LogP contribution in [0.15, 0.2) is 153 Å². The summed E-state index contributed by atoms with van der Waals surface area (Å²) in [5.41, 5.74) is 15.9. The molecule has 2 aliphatic rings. The van der Waals surface area contributed by atoms with Gasteiger partial charge in [0.05, 0.1) is 82.3 Å². The second kappa shape index (κ2) is 36.0. The zero-order chi connectivity index (χ0) is 85.5. The van der Waals surface area contributed by atoms with E-state index in [9.17, 15) is 38.1 Å². The lowest BCUT2D eigenvalue weighted by Crippen LogP contribution is -2.45. The van der Waals surface area contributed by atoms with Gasteiger partial charge in [-0.25, -0.2) is 28.4 Å². The first-order valence-corrected chi connectivity index (χ1v) is 39.2. The largest absolute Gasteiger partial charge is 0.419 e. The molecule has 0 N–H and O–H groups in total. The predicted molar refractivity (Wildman–Crippen MR) is 450 cm³/mol. The molecule has 0 saturated carbocycles. The van der Waals surface area contributed by atoms with Gasteiger partial charge in [0.15, 0.2) is 23.2 Å². The molecule has 119 heavy (non-hydrogen) atoms. The first kappa shape index (κ1) is 85.6. The van der Waals surface area contributed by atoms with Gasteiger partial charge in [-0.15, -0.1) is 15.3 Å². The summed E-state index contributed by atoms with van der Waals surface area (Å²) in [6.07, 6.45) is 9.06. The molecule has 0 unspecified atom stereocenters. The van der Waals surface area contributed by atoms with Crippen LogP contribution in [0.2, 0.25) is 0 Å². The van der Waals surface area contributed by atoms with Crippen LogP contribution in [0.25, 0.3) is 50.8 Å². The number of hydrogen-bond acceptors (Lipinski definition) is 21. The van der Waals surface area contributed by atoms with E-state index in [4.69, 9.17) is 0 Å². The Labute approximate surface area is 690 Å². The Bertz CT molecular complexity index is 5780. The van der Waals surface area contributed by atoms with E-state index in [0.29, 0.717) is 65.9 Å². The maximum absolute atomic E-state index is 15.0. The third-order valence-electron chi connectivity index (χ3n) is 22.2. The molecule has 6 aromatic carbocycles. The molecule has 2 aliphatic heterocycles. The van der Waals surface area contributed by atoms with E-state index < -0.39 is 34.2 Å². The number of carbonyl (C=O) groups is 3. The van der Waals surface area contributed by atoms with Crippen LogP contribution in [0.3, 0.4) is 0 Å². The van der Waals surface area contributed by atoms with Crippen LogP contribution in [0.4, 0.5) is 34.6 Å². The number of piperazine rings is 2. The number of ketones is 3. The normalized spacial score (nSPS) is 13.5. The van der Waals surface area contributed by atoms with Crippen LogP contribution in [-0.4, -0.2) is 207 Å². The molecule has 30 heteroatoms. The van der Waals surface area contributed by atoms with Gasteiger partial charge in [-0.3, -0.25) is 23.7 Å². The minimum absolute atomic E-state index is 0.00193. The molecule has 6 aromatic heterocycles. The topological polar surface area (TPSA) is 272 Å². The number of nitriles is 2. The Morgan fingerprint density at radius 1 is 0.479 bits per heavy atom. The summed E-state index contributed by atoms with van der Waals surface area (Å²) in [6, 6.07) is 35.6. The number of anilines is 3. The quantitative estimate of drug-likeness (QED) is 0.0425. The van der Waals surface area contributed by atoms with Crippen LogP contribution < -0.4 is 14.7 Å². The maximum Gasteiger partial charge on any atom is 0.419 e. The fraction of sp³-hybridized carbons (Fsp3) is 0.360. The fourth-order valence-corrected chi connectivity index (χ4v) is 13.9. The molecule has 14 rings (SSSR count). The van der Waals surface area contributed by atoms with E-state index in [2.05, 4.69) is 96.0 Å². The molecule has 8 heterocycles. The van der Waals surface area contributed by atoms with E-state index in [1.54, 1.807) is 68.1 Å². The molecule has 2 saturated heterocycles. The number of nitrogens with zero attached hydrogens (tertiary/aromatic N) is 23. The summed E-state index contributed by atoms with van der Waals surface area (Å²) >= 11 is 0. The van der Waals surface area contributed by atoms with Gasteiger partial charge in [-0.1, -0.05) is 52.0 Å². The highest BCUT2D eigenvalue weighted by molar-refractivity contribution is 6.00. The van der Waals surface area contributed by atoms with Gasteiger partial charge in [0.1, 0.15) is 23.4 Å². The monoisotopic (exact) mass is 1610 g/mol. The Morgan fingerprint density at radius 2 is 0.891 bits per heavy atom. The number of benzene rings is 6. The SMILES string of the molecule is Cc1ccc(CC(=O)c2cc(N(C)CCN(C)C)cc(C(C)(C)C#N)c2)cc1-n1cc(-c2cnn(C)c2C)nn1.Cc1ccc(CC(=O)c2cc(N3CCN(C)CC3)c(F)c(C(F)(F)F)c2)cc1-n1cc(-c2cncnc2)nn1.Cc1ccc(CC(=O)c2cc(N3CCN(C)CC3)cc(C(C)(C)C#N)c2)cc1-n1cc(-c2cnn(C)c2C)nn1. The predicted octanol–water partition coefficient (Wildman–Crippen LogP) is 13.1. The molecule has 2 fully saturated rings. The zero-order valence-electron chi connectivity index (χ0n) is 70.1. The van der Waals surface area contributed by atoms with Gasteiger partial charge in [0.25, 0.3) is 0 Å². The number of rotatable bonds is 23. The number of likely N-dealkylation sites (N-methyl/N-ethyl adjacent to an activating group) is 4. The summed E-state index contributed by atoms with van der Waals surface area (Å²) < 4.78 is 64.9. The number of aromatic nitrogens is 15. The van der Waals surface area contributed by atoms with Crippen LogP contribution in [0, 0.1) is 63.1 Å². The number of alkyl halides is 3. The summed E-state index contributed by atoms with van der Waals surface area (Å²) in [4.78, 5) is 60.9. The van der Waals surface area contributed by atoms with E-state index in [-0.39, 0.29) is 42.1 Å². The van der Waals surface area contributed by atoms with Crippen molar-refractivity contribution in [2.75, 3.05) is 115 Å². The molecule has 0 bridgehead atoms. The Balaban J connectivity index is 0.000000164. The van der Waals surface area contributed by atoms with Crippen LogP contribution in [-0.2, 0) is 50.4 Å². The summed E-state index contributed by atoms with van der Waals surface area (Å²) in [5.74, 6) is -1.89. The van der Waals surface area contributed by atoms with E-state index in [1.807, 2.05) is 198 Å². The third-order valence-corrected chi connectivity index (χ3v) is 22.2. The molecular weight excluding hydrogens is 1520 g/mol. The fourth-order valence-electron chi connectivity index (χ4n) is 13.9.